The van der Waals surface area contributed by atoms with Gasteiger partial charge in [-0.15, -0.1) is 0 Å². The van der Waals surface area contributed by atoms with Crippen molar-refractivity contribution in [1.29, 1.82) is 0 Å². The molecule has 1 unspecified atom stereocenters. The molecule has 2 aromatic rings. The highest BCUT2D eigenvalue weighted by atomic mass is 16.5. The molecular formula is C15H20N4O. The van der Waals surface area contributed by atoms with Crippen LogP contribution in [0.4, 0.5) is 0 Å². The maximum Gasteiger partial charge on any atom is 0.241 e. The fourth-order valence-electron chi connectivity index (χ4n) is 2.84. The van der Waals surface area contributed by atoms with Crippen molar-refractivity contribution in [3.05, 3.63) is 30.4 Å². The van der Waals surface area contributed by atoms with Crippen molar-refractivity contribution < 1.29 is 4.52 Å². The quantitative estimate of drug-likeness (QED) is 0.856. The van der Waals surface area contributed by atoms with E-state index in [0.29, 0.717) is 17.8 Å². The number of piperidine rings is 1. The minimum Gasteiger partial charge on any atom is -0.338 e. The summed E-state index contributed by atoms with van der Waals surface area (Å²) < 4.78 is 5.38. The highest BCUT2D eigenvalue weighted by Crippen LogP contribution is 2.22. The predicted molar refractivity (Wildman–Crippen MR) is 75.9 cm³/mol. The molecule has 20 heavy (non-hydrogen) atoms. The molecule has 2 aromatic heterocycles. The van der Waals surface area contributed by atoms with Crippen LogP contribution in [0.5, 0.6) is 0 Å². The van der Waals surface area contributed by atoms with Crippen LogP contribution in [0.3, 0.4) is 0 Å². The lowest BCUT2D eigenvalue weighted by atomic mass is 10.0. The van der Waals surface area contributed by atoms with Gasteiger partial charge >= 0.3 is 0 Å². The van der Waals surface area contributed by atoms with Crippen LogP contribution < -0.4 is 0 Å². The van der Waals surface area contributed by atoms with E-state index in [1.54, 1.807) is 12.4 Å². The Morgan fingerprint density at radius 1 is 1.40 bits per heavy atom. The summed E-state index contributed by atoms with van der Waals surface area (Å²) in [6.45, 7) is 4.13. The second kappa shape index (κ2) is 6.13. The number of pyridine rings is 1. The van der Waals surface area contributed by atoms with Crippen LogP contribution in [-0.4, -0.2) is 32.6 Å². The zero-order valence-electron chi connectivity index (χ0n) is 11.8. The van der Waals surface area contributed by atoms with Gasteiger partial charge in [0.1, 0.15) is 0 Å². The molecule has 0 amide bonds. The van der Waals surface area contributed by atoms with E-state index in [4.69, 9.17) is 4.52 Å². The number of rotatable bonds is 4. The summed E-state index contributed by atoms with van der Waals surface area (Å²) in [6.07, 6.45) is 8.55. The van der Waals surface area contributed by atoms with E-state index in [-0.39, 0.29) is 0 Å². The van der Waals surface area contributed by atoms with Gasteiger partial charge in [0.05, 0.1) is 6.54 Å². The summed E-state index contributed by atoms with van der Waals surface area (Å²) in [6, 6.07) is 4.47. The van der Waals surface area contributed by atoms with E-state index >= 15 is 0 Å². The molecule has 0 radical (unpaired) electrons. The first-order valence-electron chi connectivity index (χ1n) is 7.34. The van der Waals surface area contributed by atoms with E-state index < -0.39 is 0 Å². The Hall–Kier alpha value is -1.75. The summed E-state index contributed by atoms with van der Waals surface area (Å²) in [5, 5.41) is 4.05. The van der Waals surface area contributed by atoms with E-state index in [0.717, 1.165) is 18.7 Å². The van der Waals surface area contributed by atoms with Crippen LogP contribution in [-0.2, 0) is 6.54 Å². The summed E-state index contributed by atoms with van der Waals surface area (Å²) in [5.41, 5.74) is 0.896. The zero-order valence-corrected chi connectivity index (χ0v) is 11.8. The molecule has 0 aliphatic carbocycles. The molecule has 106 valence electrons. The van der Waals surface area contributed by atoms with Gasteiger partial charge in [0.25, 0.3) is 0 Å². The standard InChI is InChI=1S/C15H20N4O/c1-2-13-7-3-4-9-19(13)11-14-17-15(18-20-14)12-6-5-8-16-10-12/h5-6,8,10,13H,2-4,7,9,11H2,1H3. The van der Waals surface area contributed by atoms with Gasteiger partial charge < -0.3 is 4.52 Å². The van der Waals surface area contributed by atoms with Crippen molar-refractivity contribution >= 4 is 0 Å². The molecule has 5 heteroatoms. The Kier molecular flexibility index (Phi) is 4.06. The van der Waals surface area contributed by atoms with Gasteiger partial charge in [0.2, 0.25) is 11.7 Å². The van der Waals surface area contributed by atoms with Crippen LogP contribution in [0.25, 0.3) is 11.4 Å². The highest BCUT2D eigenvalue weighted by Gasteiger charge is 2.22. The van der Waals surface area contributed by atoms with E-state index in [9.17, 15) is 0 Å². The normalized spacial score (nSPS) is 20.1. The van der Waals surface area contributed by atoms with Gasteiger partial charge in [-0.05, 0) is 37.9 Å². The molecule has 1 aliphatic rings. The van der Waals surface area contributed by atoms with E-state index in [2.05, 4.69) is 26.9 Å². The Bertz CT molecular complexity index is 540. The van der Waals surface area contributed by atoms with Crippen LogP contribution >= 0.6 is 0 Å². The lowest BCUT2D eigenvalue weighted by Crippen LogP contribution is -2.38. The topological polar surface area (TPSA) is 55.1 Å². The highest BCUT2D eigenvalue weighted by molar-refractivity contribution is 5.51. The van der Waals surface area contributed by atoms with Gasteiger partial charge in [-0.25, -0.2) is 0 Å². The first-order chi connectivity index (χ1) is 9.86. The number of aromatic nitrogens is 3. The SMILES string of the molecule is CCC1CCCCN1Cc1nc(-c2cccnc2)no1. The van der Waals surface area contributed by atoms with Gasteiger partial charge in [-0.2, -0.15) is 4.98 Å². The first-order valence-corrected chi connectivity index (χ1v) is 7.34. The second-order valence-corrected chi connectivity index (χ2v) is 5.28. The van der Waals surface area contributed by atoms with Crippen molar-refractivity contribution in [2.24, 2.45) is 0 Å². The zero-order chi connectivity index (χ0) is 13.8. The minimum atomic E-state index is 0.623. The molecule has 1 atom stereocenters. The average molecular weight is 272 g/mol. The molecule has 0 bridgehead atoms. The predicted octanol–water partition coefficient (Wildman–Crippen LogP) is 2.90. The van der Waals surface area contributed by atoms with Crippen molar-refractivity contribution in [2.45, 2.75) is 45.2 Å². The number of nitrogens with zero attached hydrogens (tertiary/aromatic N) is 4. The Balaban J connectivity index is 1.71. The lowest BCUT2D eigenvalue weighted by Gasteiger charge is -2.33. The molecular weight excluding hydrogens is 252 g/mol. The van der Waals surface area contributed by atoms with Gasteiger partial charge in [0.15, 0.2) is 0 Å². The third kappa shape index (κ3) is 2.88. The third-order valence-corrected chi connectivity index (χ3v) is 3.95. The molecule has 1 saturated heterocycles. The lowest BCUT2D eigenvalue weighted by molar-refractivity contribution is 0.120. The molecule has 3 rings (SSSR count). The number of hydrogen-bond acceptors (Lipinski definition) is 5. The Labute approximate surface area is 119 Å². The molecule has 0 aromatic carbocycles. The monoisotopic (exact) mass is 272 g/mol. The summed E-state index contributed by atoms with van der Waals surface area (Å²) in [4.78, 5) is 11.0. The molecule has 0 spiro atoms. The van der Waals surface area contributed by atoms with Crippen LogP contribution in [0, 0.1) is 0 Å². The van der Waals surface area contributed by atoms with Crippen LogP contribution in [0.1, 0.15) is 38.5 Å². The number of hydrogen-bond donors (Lipinski definition) is 0. The Morgan fingerprint density at radius 2 is 2.35 bits per heavy atom. The number of likely N-dealkylation sites (tertiary alicyclic amines) is 1. The molecule has 0 saturated carbocycles. The summed E-state index contributed by atoms with van der Waals surface area (Å²) in [5.74, 6) is 1.32. The van der Waals surface area contributed by atoms with Crippen molar-refractivity contribution in [2.75, 3.05) is 6.54 Å². The first kappa shape index (κ1) is 13.2. The average Bonchev–Trinajstić information content (AvgIpc) is 2.97. The van der Waals surface area contributed by atoms with Crippen molar-refractivity contribution in [3.63, 3.8) is 0 Å². The molecule has 1 aliphatic heterocycles. The molecule has 0 N–H and O–H groups in total. The summed E-state index contributed by atoms with van der Waals surface area (Å²) in [7, 11) is 0. The maximum absolute atomic E-state index is 5.38. The van der Waals surface area contributed by atoms with Gasteiger partial charge in [-0.3, -0.25) is 9.88 Å². The van der Waals surface area contributed by atoms with Crippen molar-refractivity contribution in [3.8, 4) is 11.4 Å². The van der Waals surface area contributed by atoms with Gasteiger partial charge in [0, 0.05) is 24.0 Å². The molecule has 3 heterocycles. The van der Waals surface area contributed by atoms with E-state index in [1.807, 2.05) is 12.1 Å². The largest absolute Gasteiger partial charge is 0.338 e. The third-order valence-electron chi connectivity index (χ3n) is 3.95. The smallest absolute Gasteiger partial charge is 0.241 e. The Morgan fingerprint density at radius 3 is 3.15 bits per heavy atom. The molecule has 5 nitrogen and oxygen atoms in total. The fraction of sp³-hybridized carbons (Fsp3) is 0.533. The summed E-state index contributed by atoms with van der Waals surface area (Å²) >= 11 is 0. The van der Waals surface area contributed by atoms with Crippen molar-refractivity contribution in [1.82, 2.24) is 20.0 Å². The van der Waals surface area contributed by atoms with Crippen LogP contribution in [0.2, 0.25) is 0 Å². The van der Waals surface area contributed by atoms with Gasteiger partial charge in [-0.1, -0.05) is 18.5 Å². The van der Waals surface area contributed by atoms with Crippen LogP contribution in [0.15, 0.2) is 29.0 Å². The van der Waals surface area contributed by atoms with E-state index in [1.165, 1.54) is 25.7 Å². The maximum atomic E-state index is 5.38. The fourth-order valence-corrected chi connectivity index (χ4v) is 2.84. The second-order valence-electron chi connectivity index (χ2n) is 5.28. The minimum absolute atomic E-state index is 0.623. The molecule has 1 fully saturated rings.